The van der Waals surface area contributed by atoms with Gasteiger partial charge in [-0.25, -0.2) is 4.39 Å². The van der Waals surface area contributed by atoms with Crippen LogP contribution in [0.15, 0.2) is 18.2 Å². The van der Waals surface area contributed by atoms with E-state index >= 15 is 0 Å². The van der Waals surface area contributed by atoms with Gasteiger partial charge in [-0.05, 0) is 30.2 Å². The topological polar surface area (TPSA) is 21.3 Å². The van der Waals surface area contributed by atoms with Gasteiger partial charge in [0.2, 0.25) is 0 Å². The van der Waals surface area contributed by atoms with Crippen molar-refractivity contribution >= 4 is 0 Å². The van der Waals surface area contributed by atoms with Crippen LogP contribution in [0.2, 0.25) is 0 Å². The van der Waals surface area contributed by atoms with Crippen molar-refractivity contribution in [3.8, 4) is 5.75 Å². The normalized spacial score (nSPS) is 14.4. The zero-order valence-corrected chi connectivity index (χ0v) is 11.1. The Balaban J connectivity index is 2.98. The van der Waals surface area contributed by atoms with Crippen molar-refractivity contribution in [2.75, 3.05) is 13.7 Å². The van der Waals surface area contributed by atoms with E-state index in [4.69, 9.17) is 4.74 Å². The lowest BCUT2D eigenvalue weighted by molar-refractivity contribution is 0.372. The van der Waals surface area contributed by atoms with Gasteiger partial charge in [-0.3, -0.25) is 0 Å². The predicted octanol–water partition coefficient (Wildman–Crippen LogP) is 3.53. The highest BCUT2D eigenvalue weighted by molar-refractivity contribution is 5.31. The number of benzene rings is 1. The first-order valence-electron chi connectivity index (χ1n) is 6.20. The molecule has 17 heavy (non-hydrogen) atoms. The first-order chi connectivity index (χ1) is 8.13. The number of nitrogens with one attached hydrogen (secondary N) is 1. The zero-order valence-electron chi connectivity index (χ0n) is 11.1. The molecule has 0 saturated carbocycles. The molecule has 0 saturated heterocycles. The maximum absolute atomic E-state index is 13.7. The molecule has 0 radical (unpaired) electrons. The Labute approximate surface area is 103 Å². The van der Waals surface area contributed by atoms with Crippen LogP contribution in [-0.2, 0) is 0 Å². The highest BCUT2D eigenvalue weighted by Gasteiger charge is 2.18. The van der Waals surface area contributed by atoms with Gasteiger partial charge in [-0.2, -0.15) is 0 Å². The van der Waals surface area contributed by atoms with E-state index in [1.807, 2.05) is 6.07 Å². The molecule has 1 aromatic carbocycles. The van der Waals surface area contributed by atoms with Crippen molar-refractivity contribution < 1.29 is 9.13 Å². The van der Waals surface area contributed by atoms with Gasteiger partial charge >= 0.3 is 0 Å². The summed E-state index contributed by atoms with van der Waals surface area (Å²) in [7, 11) is 1.48. The van der Waals surface area contributed by atoms with Crippen molar-refractivity contribution in [1.29, 1.82) is 0 Å². The Bertz CT molecular complexity index is 354. The van der Waals surface area contributed by atoms with Gasteiger partial charge in [0.25, 0.3) is 0 Å². The fourth-order valence-corrected chi connectivity index (χ4v) is 1.98. The van der Waals surface area contributed by atoms with Crippen molar-refractivity contribution in [2.45, 2.75) is 33.2 Å². The van der Waals surface area contributed by atoms with Crippen LogP contribution >= 0.6 is 0 Å². The summed E-state index contributed by atoms with van der Waals surface area (Å²) in [6.45, 7) is 7.27. The Morgan fingerprint density at radius 3 is 2.53 bits per heavy atom. The average Bonchev–Trinajstić information content (AvgIpc) is 2.35. The van der Waals surface area contributed by atoms with Gasteiger partial charge in [0, 0.05) is 6.04 Å². The molecule has 0 aliphatic rings. The Hall–Kier alpha value is -1.09. The summed E-state index contributed by atoms with van der Waals surface area (Å²) in [5.41, 5.74) is 0.986. The monoisotopic (exact) mass is 239 g/mol. The van der Waals surface area contributed by atoms with E-state index < -0.39 is 0 Å². The molecule has 0 spiro atoms. The summed E-state index contributed by atoms with van der Waals surface area (Å²) in [6, 6.07) is 5.39. The first kappa shape index (κ1) is 14.0. The number of halogens is 1. The van der Waals surface area contributed by atoms with Crippen LogP contribution in [-0.4, -0.2) is 13.7 Å². The van der Waals surface area contributed by atoms with E-state index in [9.17, 15) is 4.39 Å². The molecule has 2 atom stereocenters. The van der Waals surface area contributed by atoms with E-state index in [0.29, 0.717) is 11.7 Å². The lowest BCUT2D eigenvalue weighted by Gasteiger charge is -2.24. The maximum atomic E-state index is 13.7. The lowest BCUT2D eigenvalue weighted by Crippen LogP contribution is -2.26. The second-order valence-electron chi connectivity index (χ2n) is 4.31. The highest BCUT2D eigenvalue weighted by Crippen LogP contribution is 2.27. The molecule has 3 heteroatoms. The van der Waals surface area contributed by atoms with E-state index in [1.54, 1.807) is 12.1 Å². The smallest absolute Gasteiger partial charge is 0.165 e. The molecule has 0 bridgehead atoms. The molecule has 1 aromatic rings. The number of ether oxygens (including phenoxy) is 1. The minimum atomic E-state index is -0.295. The van der Waals surface area contributed by atoms with Crippen LogP contribution in [0.3, 0.4) is 0 Å². The van der Waals surface area contributed by atoms with E-state index in [-0.39, 0.29) is 11.9 Å². The molecule has 1 rings (SSSR count). The van der Waals surface area contributed by atoms with Gasteiger partial charge in [-0.15, -0.1) is 0 Å². The number of hydrogen-bond acceptors (Lipinski definition) is 2. The van der Waals surface area contributed by atoms with E-state index in [2.05, 4.69) is 26.1 Å². The minimum absolute atomic E-state index is 0.199. The molecule has 2 nitrogen and oxygen atoms in total. The van der Waals surface area contributed by atoms with Gasteiger partial charge < -0.3 is 10.1 Å². The molecular weight excluding hydrogens is 217 g/mol. The van der Waals surface area contributed by atoms with Crippen molar-refractivity contribution in [3.63, 3.8) is 0 Å². The second-order valence-corrected chi connectivity index (χ2v) is 4.31. The SMILES string of the molecule is CCNC(c1ccc(OC)c(F)c1)C(C)CC. The average molecular weight is 239 g/mol. The molecule has 2 unspecified atom stereocenters. The van der Waals surface area contributed by atoms with Crippen molar-refractivity contribution in [2.24, 2.45) is 5.92 Å². The Kier molecular flexibility index (Phi) is 5.42. The maximum Gasteiger partial charge on any atom is 0.165 e. The minimum Gasteiger partial charge on any atom is -0.494 e. The summed E-state index contributed by atoms with van der Waals surface area (Å²) < 4.78 is 18.6. The van der Waals surface area contributed by atoms with Gasteiger partial charge in [0.1, 0.15) is 0 Å². The molecule has 0 aliphatic carbocycles. The molecule has 96 valence electrons. The molecule has 0 amide bonds. The third-order valence-electron chi connectivity index (χ3n) is 3.17. The Morgan fingerprint density at radius 2 is 2.06 bits per heavy atom. The second kappa shape index (κ2) is 6.60. The molecule has 1 N–H and O–H groups in total. The fourth-order valence-electron chi connectivity index (χ4n) is 1.98. The number of methoxy groups -OCH3 is 1. The van der Waals surface area contributed by atoms with Crippen molar-refractivity contribution in [3.05, 3.63) is 29.6 Å². The largest absolute Gasteiger partial charge is 0.494 e. The first-order valence-corrected chi connectivity index (χ1v) is 6.20. The van der Waals surface area contributed by atoms with Gasteiger partial charge in [0.15, 0.2) is 11.6 Å². The standard InChI is InChI=1S/C14H22FNO/c1-5-10(3)14(16-6-2)11-7-8-13(17-4)12(15)9-11/h7-10,14,16H,5-6H2,1-4H3. The number of rotatable bonds is 6. The predicted molar refractivity (Wildman–Crippen MR) is 68.8 cm³/mol. The zero-order chi connectivity index (χ0) is 12.8. The van der Waals surface area contributed by atoms with Gasteiger partial charge in [-0.1, -0.05) is 33.3 Å². The Morgan fingerprint density at radius 1 is 1.35 bits per heavy atom. The molecule has 0 fully saturated rings. The van der Waals surface area contributed by atoms with Crippen LogP contribution in [0.1, 0.15) is 38.8 Å². The molecule has 0 heterocycles. The molecule has 0 aliphatic heterocycles. The lowest BCUT2D eigenvalue weighted by atomic mass is 9.92. The van der Waals surface area contributed by atoms with Crippen LogP contribution in [0, 0.1) is 11.7 Å². The molecule has 0 aromatic heterocycles. The van der Waals surface area contributed by atoms with Crippen LogP contribution in [0.5, 0.6) is 5.75 Å². The summed E-state index contributed by atoms with van der Waals surface area (Å²) >= 11 is 0. The summed E-state index contributed by atoms with van der Waals surface area (Å²) in [5.74, 6) is 0.479. The van der Waals surface area contributed by atoms with Crippen molar-refractivity contribution in [1.82, 2.24) is 5.32 Å². The number of hydrogen-bond donors (Lipinski definition) is 1. The third kappa shape index (κ3) is 3.43. The van der Waals surface area contributed by atoms with Gasteiger partial charge in [0.05, 0.1) is 7.11 Å². The van der Waals surface area contributed by atoms with Crippen LogP contribution < -0.4 is 10.1 Å². The quantitative estimate of drug-likeness (QED) is 0.820. The van der Waals surface area contributed by atoms with Crippen LogP contribution in [0.4, 0.5) is 4.39 Å². The molecular formula is C14H22FNO. The summed E-state index contributed by atoms with van der Waals surface area (Å²) in [6.07, 6.45) is 1.06. The van der Waals surface area contributed by atoms with Crippen LogP contribution in [0.25, 0.3) is 0 Å². The van der Waals surface area contributed by atoms with E-state index in [0.717, 1.165) is 18.5 Å². The van der Waals surface area contributed by atoms with E-state index in [1.165, 1.54) is 7.11 Å². The summed E-state index contributed by atoms with van der Waals surface area (Å²) in [5, 5.41) is 3.41. The summed E-state index contributed by atoms with van der Waals surface area (Å²) in [4.78, 5) is 0. The highest BCUT2D eigenvalue weighted by atomic mass is 19.1. The third-order valence-corrected chi connectivity index (χ3v) is 3.17. The fraction of sp³-hybridized carbons (Fsp3) is 0.571.